The van der Waals surface area contributed by atoms with E-state index in [9.17, 15) is 4.79 Å². The molecule has 0 atom stereocenters. The molecule has 1 saturated heterocycles. The number of aromatic nitrogens is 2. The lowest BCUT2D eigenvalue weighted by atomic mass is 10.1. The first kappa shape index (κ1) is 26.3. The number of ether oxygens (including phenoxy) is 1. The van der Waals surface area contributed by atoms with E-state index in [1.807, 2.05) is 71.6 Å². The van der Waals surface area contributed by atoms with Gasteiger partial charge in [-0.15, -0.1) is 0 Å². The van der Waals surface area contributed by atoms with Gasteiger partial charge in [-0.1, -0.05) is 93.3 Å². The summed E-state index contributed by atoms with van der Waals surface area (Å²) in [5.74, 6) is 1.22. The molecule has 0 radical (unpaired) electrons. The predicted molar refractivity (Wildman–Crippen MR) is 159 cm³/mol. The van der Waals surface area contributed by atoms with Crippen molar-refractivity contribution in [3.63, 3.8) is 0 Å². The van der Waals surface area contributed by atoms with Gasteiger partial charge < -0.3 is 9.15 Å². The number of benzene rings is 2. The number of unbranched alkanes of at least 4 members (excludes halogenated alkanes) is 5. The number of rotatable bonds is 11. The van der Waals surface area contributed by atoms with Gasteiger partial charge in [0, 0.05) is 23.7 Å². The molecule has 1 aliphatic heterocycles. The average molecular weight is 546 g/mol. The largest absolute Gasteiger partial charge is 0.493 e. The Kier molecular flexibility index (Phi) is 8.29. The molecule has 0 saturated carbocycles. The minimum Gasteiger partial charge on any atom is -0.493 e. The summed E-state index contributed by atoms with van der Waals surface area (Å²) in [7, 11) is 1.62. The smallest absolute Gasteiger partial charge is 0.266 e. The van der Waals surface area contributed by atoms with Crippen molar-refractivity contribution in [2.75, 3.05) is 13.7 Å². The summed E-state index contributed by atoms with van der Waals surface area (Å²) in [6, 6.07) is 17.6. The standard InChI is InChI=1S/C30H31N3O3S2/c1-3-4-5-6-7-11-17-32-29(34)26(38-30(32)37)19-22-20-33(23-14-9-8-10-15-23)31-27(22)25-18-21-13-12-16-24(35-2)28(21)36-25/h8-10,12-16,18-20H,3-7,11,17H2,1-2H3. The molecule has 2 aromatic heterocycles. The second kappa shape index (κ2) is 12.0. The molecular weight excluding hydrogens is 514 g/mol. The normalized spacial score (nSPS) is 14.8. The van der Waals surface area contributed by atoms with Crippen molar-refractivity contribution in [3.8, 4) is 22.9 Å². The van der Waals surface area contributed by atoms with Crippen LogP contribution in [-0.2, 0) is 4.79 Å². The number of thioether (sulfide) groups is 1. The molecule has 1 amide bonds. The van der Waals surface area contributed by atoms with Crippen LogP contribution < -0.4 is 4.74 Å². The van der Waals surface area contributed by atoms with E-state index in [4.69, 9.17) is 26.5 Å². The number of furan rings is 1. The van der Waals surface area contributed by atoms with Crippen molar-refractivity contribution in [2.45, 2.75) is 45.4 Å². The third-order valence-corrected chi connectivity index (χ3v) is 8.00. The molecule has 1 aliphatic rings. The summed E-state index contributed by atoms with van der Waals surface area (Å²) in [6.45, 7) is 2.88. The van der Waals surface area contributed by atoms with E-state index in [0.717, 1.165) is 29.5 Å². The van der Waals surface area contributed by atoms with Gasteiger partial charge in [0.1, 0.15) is 10.0 Å². The third kappa shape index (κ3) is 5.56. The predicted octanol–water partition coefficient (Wildman–Crippen LogP) is 7.86. The lowest BCUT2D eigenvalue weighted by Gasteiger charge is -2.13. The van der Waals surface area contributed by atoms with Crippen LogP contribution in [0.5, 0.6) is 5.75 Å². The van der Waals surface area contributed by atoms with Crippen LogP contribution in [0, 0.1) is 0 Å². The molecule has 196 valence electrons. The number of methoxy groups -OCH3 is 1. The van der Waals surface area contributed by atoms with Crippen LogP contribution in [0.4, 0.5) is 0 Å². The Morgan fingerprint density at radius 3 is 2.63 bits per heavy atom. The Hall–Kier alpha value is -3.36. The van der Waals surface area contributed by atoms with Crippen molar-refractivity contribution < 1.29 is 13.9 Å². The highest BCUT2D eigenvalue weighted by Crippen LogP contribution is 2.38. The molecule has 0 aliphatic carbocycles. The SMILES string of the molecule is CCCCCCCCN1C(=O)C(=Cc2cn(-c3ccccc3)nc2-c2cc3cccc(OC)c3o2)SC1=S. The van der Waals surface area contributed by atoms with Crippen LogP contribution in [0.3, 0.4) is 0 Å². The molecule has 0 N–H and O–H groups in total. The van der Waals surface area contributed by atoms with Crippen molar-refractivity contribution in [2.24, 2.45) is 0 Å². The number of para-hydroxylation sites is 2. The quantitative estimate of drug-likeness (QED) is 0.109. The fraction of sp³-hybridized carbons (Fsp3) is 0.300. The summed E-state index contributed by atoms with van der Waals surface area (Å²) in [5.41, 5.74) is 3.01. The number of thiocarbonyl (C=S) groups is 1. The molecule has 6 nitrogen and oxygen atoms in total. The summed E-state index contributed by atoms with van der Waals surface area (Å²) in [5, 5.41) is 5.78. The van der Waals surface area contributed by atoms with Crippen LogP contribution in [0.1, 0.15) is 51.0 Å². The molecule has 3 heterocycles. The van der Waals surface area contributed by atoms with Crippen LogP contribution in [0.2, 0.25) is 0 Å². The van der Waals surface area contributed by atoms with Crippen LogP contribution in [0.15, 0.2) is 70.1 Å². The van der Waals surface area contributed by atoms with Gasteiger partial charge in [0.15, 0.2) is 17.1 Å². The van der Waals surface area contributed by atoms with Crippen molar-refractivity contribution in [1.29, 1.82) is 0 Å². The number of carbonyl (C=O) groups is 1. The molecule has 1 fully saturated rings. The zero-order chi connectivity index (χ0) is 26.5. The second-order valence-corrected chi connectivity index (χ2v) is 11.0. The van der Waals surface area contributed by atoms with E-state index in [1.54, 1.807) is 12.0 Å². The topological polar surface area (TPSA) is 60.5 Å². The fourth-order valence-corrected chi connectivity index (χ4v) is 5.89. The van der Waals surface area contributed by atoms with Gasteiger partial charge in [0.2, 0.25) is 0 Å². The van der Waals surface area contributed by atoms with E-state index in [2.05, 4.69) is 6.92 Å². The Bertz CT molecular complexity index is 1470. The molecule has 0 bridgehead atoms. The molecule has 0 spiro atoms. The van der Waals surface area contributed by atoms with E-state index in [-0.39, 0.29) is 5.91 Å². The van der Waals surface area contributed by atoms with Gasteiger partial charge in [-0.25, -0.2) is 4.68 Å². The van der Waals surface area contributed by atoms with Crippen molar-refractivity contribution in [1.82, 2.24) is 14.7 Å². The number of hydrogen-bond acceptors (Lipinski definition) is 6. The zero-order valence-corrected chi connectivity index (χ0v) is 23.3. The minimum absolute atomic E-state index is 0.0433. The van der Waals surface area contributed by atoms with Gasteiger partial charge in [0.25, 0.3) is 5.91 Å². The highest BCUT2D eigenvalue weighted by Gasteiger charge is 2.32. The first-order valence-electron chi connectivity index (χ1n) is 13.1. The van der Waals surface area contributed by atoms with Crippen molar-refractivity contribution >= 4 is 51.3 Å². The maximum absolute atomic E-state index is 13.3. The number of carbonyl (C=O) groups excluding carboxylic acids is 1. The number of nitrogens with zero attached hydrogens (tertiary/aromatic N) is 3. The third-order valence-electron chi connectivity index (χ3n) is 6.62. The number of fused-ring (bicyclic) bond motifs is 1. The minimum atomic E-state index is -0.0433. The van der Waals surface area contributed by atoms with Crippen molar-refractivity contribution in [3.05, 3.63) is 71.3 Å². The van der Waals surface area contributed by atoms with Gasteiger partial charge in [-0.2, -0.15) is 5.10 Å². The van der Waals surface area contributed by atoms with E-state index in [1.165, 1.54) is 37.4 Å². The lowest BCUT2D eigenvalue weighted by Crippen LogP contribution is -2.29. The molecule has 8 heteroatoms. The maximum atomic E-state index is 13.3. The van der Waals surface area contributed by atoms with Crippen LogP contribution in [0.25, 0.3) is 34.2 Å². The first-order valence-corrected chi connectivity index (χ1v) is 14.3. The number of amides is 1. The Morgan fingerprint density at radius 1 is 1.05 bits per heavy atom. The Morgan fingerprint density at radius 2 is 1.84 bits per heavy atom. The van der Waals surface area contributed by atoms with E-state index in [0.29, 0.717) is 38.6 Å². The van der Waals surface area contributed by atoms with Gasteiger partial charge in [-0.3, -0.25) is 9.69 Å². The van der Waals surface area contributed by atoms with Crippen LogP contribution in [-0.4, -0.2) is 38.6 Å². The summed E-state index contributed by atoms with van der Waals surface area (Å²) < 4.78 is 14.1. The average Bonchev–Trinajstić information content (AvgIpc) is 3.63. The lowest BCUT2D eigenvalue weighted by molar-refractivity contribution is -0.122. The molecule has 0 unspecified atom stereocenters. The van der Waals surface area contributed by atoms with Gasteiger partial charge in [0.05, 0.1) is 17.7 Å². The fourth-order valence-electron chi connectivity index (χ4n) is 4.60. The van der Waals surface area contributed by atoms with Gasteiger partial charge >= 0.3 is 0 Å². The Labute approximate surface area is 232 Å². The highest BCUT2D eigenvalue weighted by molar-refractivity contribution is 8.26. The molecule has 38 heavy (non-hydrogen) atoms. The first-order chi connectivity index (χ1) is 18.6. The summed E-state index contributed by atoms with van der Waals surface area (Å²) >= 11 is 6.93. The molecule has 4 aromatic rings. The van der Waals surface area contributed by atoms with E-state index >= 15 is 0 Å². The molecule has 5 rings (SSSR count). The van der Waals surface area contributed by atoms with Gasteiger partial charge in [-0.05, 0) is 36.8 Å². The van der Waals surface area contributed by atoms with Crippen LogP contribution >= 0.6 is 24.0 Å². The zero-order valence-electron chi connectivity index (χ0n) is 21.7. The second-order valence-electron chi connectivity index (χ2n) is 9.30. The van der Waals surface area contributed by atoms with E-state index < -0.39 is 0 Å². The number of hydrogen-bond donors (Lipinski definition) is 0. The Balaban J connectivity index is 1.46. The summed E-state index contributed by atoms with van der Waals surface area (Å²) in [6.07, 6.45) is 10.8. The highest BCUT2D eigenvalue weighted by atomic mass is 32.2. The molecule has 2 aromatic carbocycles. The monoisotopic (exact) mass is 545 g/mol. The molecular formula is C30H31N3O3S2. The maximum Gasteiger partial charge on any atom is 0.266 e. The summed E-state index contributed by atoms with van der Waals surface area (Å²) in [4.78, 5) is 15.7.